The van der Waals surface area contributed by atoms with E-state index >= 15 is 0 Å². The molecule has 1 aliphatic heterocycles. The van der Waals surface area contributed by atoms with Gasteiger partial charge in [0.05, 0.1) is 13.2 Å². The van der Waals surface area contributed by atoms with Crippen LogP contribution in [-0.4, -0.2) is 59.6 Å². The van der Waals surface area contributed by atoms with E-state index < -0.39 is 24.4 Å². The topological polar surface area (TPSA) is 79.2 Å². The van der Waals surface area contributed by atoms with Gasteiger partial charge in [-0.15, -0.1) is 0 Å². The Kier molecular flexibility index (Phi) is 15.9. The van der Waals surface area contributed by atoms with E-state index in [4.69, 9.17) is 14.6 Å². The molecule has 0 bridgehead atoms. The molecule has 0 spiro atoms. The fourth-order valence-electron chi connectivity index (χ4n) is 3.65. The zero-order chi connectivity index (χ0) is 20.5. The number of rotatable bonds is 18. The van der Waals surface area contributed by atoms with Gasteiger partial charge < -0.3 is 24.8 Å². The molecule has 1 heterocycles. The first-order valence-electron chi connectivity index (χ1n) is 11.6. The van der Waals surface area contributed by atoms with Crippen molar-refractivity contribution in [1.29, 1.82) is 0 Å². The predicted octanol–water partition coefficient (Wildman–Crippen LogP) is 4.13. The van der Waals surface area contributed by atoms with Crippen molar-refractivity contribution in [3.8, 4) is 0 Å². The van der Waals surface area contributed by atoms with Gasteiger partial charge in [0.1, 0.15) is 24.4 Å². The van der Waals surface area contributed by atoms with Crippen molar-refractivity contribution in [2.75, 3.05) is 19.8 Å². The SMILES string of the molecule is CCCCCCCC/C=C/CCCCCCCO[C@@H]1[C@H]([C@@H](O)CO)OC[C@H]1O. The minimum atomic E-state index is -1.00. The summed E-state index contributed by atoms with van der Waals surface area (Å²) in [5.41, 5.74) is 0. The molecule has 1 fully saturated rings. The van der Waals surface area contributed by atoms with Crippen LogP contribution in [0.25, 0.3) is 0 Å². The molecule has 0 aliphatic carbocycles. The summed E-state index contributed by atoms with van der Waals surface area (Å²) >= 11 is 0. The molecule has 3 N–H and O–H groups in total. The van der Waals surface area contributed by atoms with Gasteiger partial charge in [-0.25, -0.2) is 0 Å². The van der Waals surface area contributed by atoms with E-state index in [-0.39, 0.29) is 13.2 Å². The summed E-state index contributed by atoms with van der Waals surface area (Å²) in [6, 6.07) is 0. The predicted molar refractivity (Wildman–Crippen MR) is 113 cm³/mol. The third kappa shape index (κ3) is 11.5. The zero-order valence-corrected chi connectivity index (χ0v) is 17.9. The lowest BCUT2D eigenvalue weighted by molar-refractivity contribution is -0.0938. The van der Waals surface area contributed by atoms with Crippen LogP contribution in [0.5, 0.6) is 0 Å². The van der Waals surface area contributed by atoms with Crippen LogP contribution in [0.4, 0.5) is 0 Å². The largest absolute Gasteiger partial charge is 0.394 e. The number of aliphatic hydroxyl groups is 3. The molecule has 0 amide bonds. The van der Waals surface area contributed by atoms with Crippen molar-refractivity contribution >= 4 is 0 Å². The molecule has 0 aromatic heterocycles. The molecule has 166 valence electrons. The Balaban J connectivity index is 1.89. The lowest BCUT2D eigenvalue weighted by Crippen LogP contribution is -2.42. The maximum atomic E-state index is 9.88. The Bertz CT molecular complexity index is 374. The summed E-state index contributed by atoms with van der Waals surface area (Å²) in [5, 5.41) is 28.6. The summed E-state index contributed by atoms with van der Waals surface area (Å²) in [6.45, 7) is 2.58. The Morgan fingerprint density at radius 1 is 0.929 bits per heavy atom. The molecule has 1 rings (SSSR count). The number of ether oxygens (including phenoxy) is 2. The first kappa shape index (κ1) is 25.6. The number of hydrogen-bond donors (Lipinski definition) is 3. The van der Waals surface area contributed by atoms with Gasteiger partial charge in [-0.3, -0.25) is 0 Å². The zero-order valence-electron chi connectivity index (χ0n) is 17.9. The minimum Gasteiger partial charge on any atom is -0.394 e. The van der Waals surface area contributed by atoms with Gasteiger partial charge in [-0.2, -0.15) is 0 Å². The maximum Gasteiger partial charge on any atom is 0.114 e. The van der Waals surface area contributed by atoms with E-state index in [1.54, 1.807) is 0 Å². The standard InChI is InChI=1S/C23H44O5/c1-2-3-4-5-6-7-8-9-10-11-12-13-14-15-16-17-27-23-21(26)19-28-22(23)20(25)18-24/h9-10,20-26H,2-8,11-19H2,1H3/b10-9+/t20-,21+,22-,23-/m0/s1. The number of allylic oxidation sites excluding steroid dienone is 2. The molecule has 0 aromatic carbocycles. The van der Waals surface area contributed by atoms with Gasteiger partial charge in [-0.1, -0.05) is 70.4 Å². The first-order valence-corrected chi connectivity index (χ1v) is 11.6. The van der Waals surface area contributed by atoms with Crippen molar-refractivity contribution in [2.45, 2.75) is 115 Å². The van der Waals surface area contributed by atoms with Crippen LogP contribution >= 0.6 is 0 Å². The summed E-state index contributed by atoms with van der Waals surface area (Å²) in [6.07, 6.45) is 18.1. The molecule has 0 saturated carbocycles. The second-order valence-corrected chi connectivity index (χ2v) is 8.03. The summed E-state index contributed by atoms with van der Waals surface area (Å²) in [7, 11) is 0. The number of unbranched alkanes of at least 4 members (excludes halogenated alkanes) is 11. The van der Waals surface area contributed by atoms with Crippen molar-refractivity contribution in [1.82, 2.24) is 0 Å². The van der Waals surface area contributed by atoms with E-state index in [0.717, 1.165) is 12.8 Å². The molecule has 28 heavy (non-hydrogen) atoms. The van der Waals surface area contributed by atoms with Gasteiger partial charge in [-0.05, 0) is 32.1 Å². The van der Waals surface area contributed by atoms with Crippen molar-refractivity contribution in [2.24, 2.45) is 0 Å². The minimum absolute atomic E-state index is 0.152. The highest BCUT2D eigenvalue weighted by molar-refractivity contribution is 4.89. The molecular weight excluding hydrogens is 356 g/mol. The quantitative estimate of drug-likeness (QED) is 0.238. The van der Waals surface area contributed by atoms with Gasteiger partial charge >= 0.3 is 0 Å². The highest BCUT2D eigenvalue weighted by Crippen LogP contribution is 2.21. The molecule has 0 aromatic rings. The van der Waals surface area contributed by atoms with E-state index in [1.165, 1.54) is 70.6 Å². The van der Waals surface area contributed by atoms with E-state index in [2.05, 4.69) is 19.1 Å². The Labute approximate surface area is 172 Å². The summed E-state index contributed by atoms with van der Waals surface area (Å²) in [5.74, 6) is 0. The molecule has 0 radical (unpaired) electrons. The second-order valence-electron chi connectivity index (χ2n) is 8.03. The average Bonchev–Trinajstić information content (AvgIpc) is 3.07. The van der Waals surface area contributed by atoms with Crippen LogP contribution in [0, 0.1) is 0 Å². The monoisotopic (exact) mass is 400 g/mol. The fourth-order valence-corrected chi connectivity index (χ4v) is 3.65. The Morgan fingerprint density at radius 2 is 1.50 bits per heavy atom. The van der Waals surface area contributed by atoms with Crippen LogP contribution in [-0.2, 0) is 9.47 Å². The molecule has 5 nitrogen and oxygen atoms in total. The Hall–Kier alpha value is -0.460. The lowest BCUT2D eigenvalue weighted by atomic mass is 10.1. The molecule has 1 aliphatic rings. The molecule has 0 unspecified atom stereocenters. The van der Waals surface area contributed by atoms with Crippen LogP contribution in [0.15, 0.2) is 12.2 Å². The van der Waals surface area contributed by atoms with Crippen molar-refractivity contribution in [3.05, 3.63) is 12.2 Å². The Morgan fingerprint density at radius 3 is 2.11 bits per heavy atom. The smallest absolute Gasteiger partial charge is 0.114 e. The molecule has 4 atom stereocenters. The first-order chi connectivity index (χ1) is 13.7. The normalized spacial score (nSPS) is 23.6. The van der Waals surface area contributed by atoms with Crippen LogP contribution in [0.2, 0.25) is 0 Å². The maximum absolute atomic E-state index is 9.88. The van der Waals surface area contributed by atoms with Crippen molar-refractivity contribution in [3.63, 3.8) is 0 Å². The number of aliphatic hydroxyl groups excluding tert-OH is 3. The second kappa shape index (κ2) is 17.4. The van der Waals surface area contributed by atoms with E-state index in [9.17, 15) is 10.2 Å². The third-order valence-electron chi connectivity index (χ3n) is 5.45. The molecule has 5 heteroatoms. The van der Waals surface area contributed by atoms with Crippen LogP contribution < -0.4 is 0 Å². The molecular formula is C23H44O5. The van der Waals surface area contributed by atoms with Gasteiger partial charge in [0.2, 0.25) is 0 Å². The van der Waals surface area contributed by atoms with Crippen molar-refractivity contribution < 1.29 is 24.8 Å². The van der Waals surface area contributed by atoms with Gasteiger partial charge in [0.25, 0.3) is 0 Å². The van der Waals surface area contributed by atoms with Gasteiger partial charge in [0.15, 0.2) is 0 Å². The van der Waals surface area contributed by atoms with E-state index in [0.29, 0.717) is 6.61 Å². The summed E-state index contributed by atoms with van der Waals surface area (Å²) < 4.78 is 11.0. The lowest BCUT2D eigenvalue weighted by Gasteiger charge is -2.23. The average molecular weight is 401 g/mol. The van der Waals surface area contributed by atoms with E-state index in [1.807, 2.05) is 0 Å². The van der Waals surface area contributed by atoms with Crippen LogP contribution in [0.1, 0.15) is 90.4 Å². The van der Waals surface area contributed by atoms with Gasteiger partial charge in [0, 0.05) is 6.61 Å². The molecule has 1 saturated heterocycles. The van der Waals surface area contributed by atoms with Crippen LogP contribution in [0.3, 0.4) is 0 Å². The number of hydrogen-bond acceptors (Lipinski definition) is 5. The summed E-state index contributed by atoms with van der Waals surface area (Å²) in [4.78, 5) is 0. The highest BCUT2D eigenvalue weighted by Gasteiger charge is 2.40. The highest BCUT2D eigenvalue weighted by atomic mass is 16.6. The fraction of sp³-hybridized carbons (Fsp3) is 0.913. The third-order valence-corrected chi connectivity index (χ3v) is 5.45.